The maximum atomic E-state index is 12.9. The molecule has 0 saturated heterocycles. The molecule has 7 nitrogen and oxygen atoms in total. The van der Waals surface area contributed by atoms with E-state index in [2.05, 4.69) is 0 Å². The van der Waals surface area contributed by atoms with Gasteiger partial charge in [0.2, 0.25) is 0 Å². The highest BCUT2D eigenvalue weighted by molar-refractivity contribution is 6.14. The molecule has 3 rings (SSSR count). The minimum Gasteiger partial charge on any atom is -0.486 e. The molecule has 0 spiro atoms. The Morgan fingerprint density at radius 1 is 0.964 bits per heavy atom. The third-order valence-electron chi connectivity index (χ3n) is 3.88. The van der Waals surface area contributed by atoms with Crippen LogP contribution >= 0.6 is 0 Å². The first-order valence-electron chi connectivity index (χ1n) is 8.85. The number of fused-ring (bicyclic) bond motifs is 1. The molecule has 7 heteroatoms. The zero-order valence-corrected chi connectivity index (χ0v) is 15.6. The number of carbonyl (C=O) groups is 3. The first-order valence-corrected chi connectivity index (χ1v) is 8.85. The van der Waals surface area contributed by atoms with Crippen molar-refractivity contribution in [3.05, 3.63) is 59.2 Å². The van der Waals surface area contributed by atoms with Crippen molar-refractivity contribution >= 4 is 17.7 Å². The highest BCUT2D eigenvalue weighted by Gasteiger charge is 2.22. The van der Waals surface area contributed by atoms with Gasteiger partial charge in [-0.2, -0.15) is 0 Å². The van der Waals surface area contributed by atoms with E-state index < -0.39 is 18.5 Å². The monoisotopic (exact) mass is 384 g/mol. The number of carbonyl (C=O) groups excluding carboxylic acids is 3. The Balaban J connectivity index is 1.79. The molecular formula is C21H20O7. The van der Waals surface area contributed by atoms with Gasteiger partial charge < -0.3 is 18.9 Å². The van der Waals surface area contributed by atoms with Crippen LogP contribution in [0, 0.1) is 0 Å². The molecule has 0 aromatic heterocycles. The van der Waals surface area contributed by atoms with Gasteiger partial charge in [0, 0.05) is 11.1 Å². The van der Waals surface area contributed by atoms with Crippen molar-refractivity contribution in [3.8, 4) is 11.5 Å². The summed E-state index contributed by atoms with van der Waals surface area (Å²) in [6, 6.07) is 11.1. The van der Waals surface area contributed by atoms with E-state index in [0.717, 1.165) is 0 Å². The Morgan fingerprint density at radius 2 is 1.64 bits per heavy atom. The summed E-state index contributed by atoms with van der Waals surface area (Å²) in [5, 5.41) is 0. The fourth-order valence-electron chi connectivity index (χ4n) is 2.70. The van der Waals surface area contributed by atoms with Crippen LogP contribution in [0.3, 0.4) is 0 Å². The fraction of sp³-hybridized carbons (Fsp3) is 0.286. The lowest BCUT2D eigenvalue weighted by Gasteiger charge is -2.18. The van der Waals surface area contributed by atoms with Crippen LogP contribution in [0.5, 0.6) is 11.5 Å². The van der Waals surface area contributed by atoms with Crippen LogP contribution in [0.15, 0.2) is 42.5 Å². The lowest BCUT2D eigenvalue weighted by molar-refractivity contribution is -0.150. The second-order valence-corrected chi connectivity index (χ2v) is 6.35. The first kappa shape index (κ1) is 19.4. The molecule has 1 aliphatic heterocycles. The van der Waals surface area contributed by atoms with Gasteiger partial charge in [0.25, 0.3) is 0 Å². The van der Waals surface area contributed by atoms with Gasteiger partial charge in [-0.3, -0.25) is 4.79 Å². The lowest BCUT2D eigenvalue weighted by Crippen LogP contribution is -2.21. The number of esters is 2. The number of hydrogen-bond donors (Lipinski definition) is 0. The lowest BCUT2D eigenvalue weighted by atomic mass is 9.98. The van der Waals surface area contributed by atoms with Gasteiger partial charge in [-0.25, -0.2) is 9.59 Å². The summed E-state index contributed by atoms with van der Waals surface area (Å²) >= 11 is 0. The SMILES string of the molecule is CC(C)OC(=O)COC(=O)c1ccccc1C(=O)c1ccc2c(c1)OCCO2. The molecule has 0 aliphatic carbocycles. The molecule has 1 heterocycles. The van der Waals surface area contributed by atoms with Gasteiger partial charge in [0.05, 0.1) is 11.7 Å². The van der Waals surface area contributed by atoms with Crippen LogP contribution in [0.4, 0.5) is 0 Å². The third-order valence-corrected chi connectivity index (χ3v) is 3.88. The van der Waals surface area contributed by atoms with Gasteiger partial charge >= 0.3 is 11.9 Å². The molecule has 0 atom stereocenters. The van der Waals surface area contributed by atoms with E-state index in [9.17, 15) is 14.4 Å². The highest BCUT2D eigenvalue weighted by Crippen LogP contribution is 2.31. The largest absolute Gasteiger partial charge is 0.486 e. The highest BCUT2D eigenvalue weighted by atomic mass is 16.6. The molecular weight excluding hydrogens is 364 g/mol. The predicted molar refractivity (Wildman–Crippen MR) is 98.8 cm³/mol. The quantitative estimate of drug-likeness (QED) is 0.559. The zero-order chi connectivity index (χ0) is 20.1. The van der Waals surface area contributed by atoms with E-state index in [0.29, 0.717) is 30.3 Å². The molecule has 1 aliphatic rings. The standard InChI is InChI=1S/C21H20O7/c1-13(2)28-19(22)12-27-21(24)16-6-4-3-5-15(16)20(23)14-7-8-17-18(11-14)26-10-9-25-17/h3-8,11,13H,9-10,12H2,1-2H3. The molecule has 0 amide bonds. The Morgan fingerprint density at radius 3 is 2.36 bits per heavy atom. The summed E-state index contributed by atoms with van der Waals surface area (Å²) in [5.74, 6) is -0.747. The number of benzene rings is 2. The van der Waals surface area contributed by atoms with E-state index in [1.165, 1.54) is 12.1 Å². The molecule has 0 saturated carbocycles. The van der Waals surface area contributed by atoms with Crippen molar-refractivity contribution in [1.29, 1.82) is 0 Å². The molecule has 28 heavy (non-hydrogen) atoms. The normalized spacial score (nSPS) is 12.4. The summed E-state index contributed by atoms with van der Waals surface area (Å²) in [5.41, 5.74) is 0.588. The van der Waals surface area contributed by atoms with Gasteiger partial charge in [0.1, 0.15) is 13.2 Å². The zero-order valence-electron chi connectivity index (χ0n) is 15.6. The molecule has 2 aromatic rings. The average molecular weight is 384 g/mol. The Labute approximate surface area is 162 Å². The van der Waals surface area contributed by atoms with Crippen LogP contribution in [0.1, 0.15) is 40.1 Å². The number of ketones is 1. The summed E-state index contributed by atoms with van der Waals surface area (Å²) in [6.07, 6.45) is -0.310. The van der Waals surface area contributed by atoms with Crippen LogP contribution in [0.25, 0.3) is 0 Å². The van der Waals surface area contributed by atoms with Gasteiger partial charge in [0.15, 0.2) is 23.9 Å². The Kier molecular flexibility index (Phi) is 5.93. The van der Waals surface area contributed by atoms with Crippen LogP contribution in [-0.4, -0.2) is 43.6 Å². The Bertz CT molecular complexity index is 901. The van der Waals surface area contributed by atoms with Crippen molar-refractivity contribution in [2.24, 2.45) is 0 Å². The van der Waals surface area contributed by atoms with Gasteiger partial charge in [-0.15, -0.1) is 0 Å². The van der Waals surface area contributed by atoms with E-state index >= 15 is 0 Å². The van der Waals surface area contributed by atoms with Crippen LogP contribution < -0.4 is 9.47 Å². The van der Waals surface area contributed by atoms with Crippen molar-refractivity contribution in [2.45, 2.75) is 20.0 Å². The van der Waals surface area contributed by atoms with Crippen LogP contribution in [0.2, 0.25) is 0 Å². The fourth-order valence-corrected chi connectivity index (χ4v) is 2.70. The van der Waals surface area contributed by atoms with Crippen molar-refractivity contribution < 1.29 is 33.3 Å². The molecule has 0 fully saturated rings. The second-order valence-electron chi connectivity index (χ2n) is 6.35. The number of hydrogen-bond acceptors (Lipinski definition) is 7. The summed E-state index contributed by atoms with van der Waals surface area (Å²) in [6.45, 7) is 3.72. The smallest absolute Gasteiger partial charge is 0.344 e. The summed E-state index contributed by atoms with van der Waals surface area (Å²) in [4.78, 5) is 36.9. The molecule has 146 valence electrons. The van der Waals surface area contributed by atoms with Crippen LogP contribution in [-0.2, 0) is 14.3 Å². The third kappa shape index (κ3) is 4.49. The van der Waals surface area contributed by atoms with E-state index in [1.54, 1.807) is 44.2 Å². The number of rotatable bonds is 6. The van der Waals surface area contributed by atoms with Crippen molar-refractivity contribution in [2.75, 3.05) is 19.8 Å². The molecule has 0 unspecified atom stereocenters. The maximum Gasteiger partial charge on any atom is 0.344 e. The van der Waals surface area contributed by atoms with E-state index in [-0.39, 0.29) is 23.0 Å². The van der Waals surface area contributed by atoms with Gasteiger partial charge in [-0.1, -0.05) is 18.2 Å². The second kappa shape index (κ2) is 8.56. The van der Waals surface area contributed by atoms with Gasteiger partial charge in [-0.05, 0) is 38.1 Å². The van der Waals surface area contributed by atoms with Crippen molar-refractivity contribution in [1.82, 2.24) is 0 Å². The predicted octanol–water partition coefficient (Wildman–Crippen LogP) is 2.80. The minimum absolute atomic E-state index is 0.0692. The number of ether oxygens (including phenoxy) is 4. The molecule has 2 aromatic carbocycles. The molecule has 0 bridgehead atoms. The van der Waals surface area contributed by atoms with E-state index in [4.69, 9.17) is 18.9 Å². The van der Waals surface area contributed by atoms with Crippen molar-refractivity contribution in [3.63, 3.8) is 0 Å². The molecule has 0 radical (unpaired) electrons. The summed E-state index contributed by atoms with van der Waals surface area (Å²) < 4.78 is 20.9. The maximum absolute atomic E-state index is 12.9. The molecule has 0 N–H and O–H groups in total. The first-order chi connectivity index (χ1) is 13.5. The summed E-state index contributed by atoms with van der Waals surface area (Å²) in [7, 11) is 0. The van der Waals surface area contributed by atoms with E-state index in [1.807, 2.05) is 0 Å². The minimum atomic E-state index is -0.776. The average Bonchev–Trinajstić information content (AvgIpc) is 2.70. The topological polar surface area (TPSA) is 88.1 Å². The Hall–Kier alpha value is -3.35.